The van der Waals surface area contributed by atoms with E-state index in [2.05, 4.69) is 49.2 Å². The minimum atomic E-state index is -0.751. The molecule has 7 heteroatoms. The number of hydrogen-bond acceptors (Lipinski definition) is 5. The summed E-state index contributed by atoms with van der Waals surface area (Å²) < 4.78 is 5.44. The summed E-state index contributed by atoms with van der Waals surface area (Å²) in [6.07, 6.45) is 8.26. The zero-order chi connectivity index (χ0) is 30.8. The number of nitrogens with zero attached hydrogens (tertiary/aromatic N) is 3. The molecule has 2 amide bonds. The van der Waals surface area contributed by atoms with Gasteiger partial charge in [0.1, 0.15) is 12.3 Å². The number of fused-ring (bicyclic) bond motifs is 1. The minimum absolute atomic E-state index is 0.0464. The van der Waals surface area contributed by atoms with Crippen molar-refractivity contribution in [1.29, 1.82) is 5.26 Å². The molecule has 0 radical (unpaired) electrons. The van der Waals surface area contributed by atoms with Gasteiger partial charge in [0.05, 0.1) is 29.0 Å². The molecule has 230 valence electrons. The van der Waals surface area contributed by atoms with Gasteiger partial charge in [-0.3, -0.25) is 14.5 Å². The molecule has 7 atom stereocenters. The van der Waals surface area contributed by atoms with Crippen LogP contribution in [0.3, 0.4) is 0 Å². The van der Waals surface area contributed by atoms with Crippen molar-refractivity contribution < 1.29 is 14.0 Å². The zero-order valence-corrected chi connectivity index (χ0v) is 26.1. The molecular weight excluding hydrogens is 548 g/mol. The van der Waals surface area contributed by atoms with Crippen molar-refractivity contribution in [2.45, 2.75) is 77.0 Å². The van der Waals surface area contributed by atoms with Gasteiger partial charge in [-0.25, -0.2) is 0 Å². The van der Waals surface area contributed by atoms with Crippen LogP contribution in [-0.2, 0) is 16.9 Å². The highest BCUT2D eigenvalue weighted by atomic mass is 16.3. The van der Waals surface area contributed by atoms with E-state index in [4.69, 9.17) is 4.42 Å². The molecular formula is C37H44N4O3. The zero-order valence-electron chi connectivity index (χ0n) is 26.1. The first kappa shape index (κ1) is 30.1. The van der Waals surface area contributed by atoms with Crippen LogP contribution in [0.4, 0.5) is 0 Å². The lowest BCUT2D eigenvalue weighted by Crippen LogP contribution is -2.80. The second-order valence-electron chi connectivity index (χ2n) is 12.7. The Kier molecular flexibility index (Phi) is 8.64. The maximum Gasteiger partial charge on any atom is 0.258 e. The van der Waals surface area contributed by atoms with Crippen molar-refractivity contribution in [2.24, 2.45) is 23.7 Å². The molecule has 3 heterocycles. The Bertz CT molecular complexity index is 1480. The summed E-state index contributed by atoms with van der Waals surface area (Å²) in [5.41, 5.74) is 2.36. The van der Waals surface area contributed by atoms with E-state index >= 15 is 0 Å². The number of nitriles is 1. The molecule has 2 aromatic carbocycles. The molecule has 2 aliphatic heterocycles. The quantitative estimate of drug-likeness (QED) is 0.280. The van der Waals surface area contributed by atoms with Crippen LogP contribution < -0.4 is 5.32 Å². The SMILES string of the molecule is CCCC[C@H]1[C@@H]2CCC3[C@@H]2[C@@H](C(=O)NCc2ccccc2)N(C(=O)c2ccoc2)[C@]1(c1ccc(C#N)cc1)[C@@H]3N(CC)CC. The number of rotatable bonds is 11. The molecule has 0 spiro atoms. The number of nitrogens with one attached hydrogen (secondary N) is 1. The van der Waals surface area contributed by atoms with Crippen LogP contribution in [0, 0.1) is 35.0 Å². The van der Waals surface area contributed by atoms with Gasteiger partial charge in [-0.1, -0.05) is 76.1 Å². The van der Waals surface area contributed by atoms with E-state index in [1.54, 1.807) is 6.07 Å². The second kappa shape index (κ2) is 12.6. The standard InChI is InChI=1S/C37H44N4O3/c1-4-7-13-31-29-18-19-30-32(29)33(35(42)39-23-26-11-9-8-10-12-26)41(36(43)27-20-21-44-24-27)37(31,34(30)40(5-2)6-3)28-16-14-25(22-38)15-17-28/h8-12,14-17,20-21,24,29-34H,4-7,13,18-19,23H2,1-3H3,(H,39,42)/t29-,30?,31-,32+,33-,34+,37-/m0/s1. The van der Waals surface area contributed by atoms with Gasteiger partial charge in [0.15, 0.2) is 0 Å². The summed E-state index contributed by atoms with van der Waals surface area (Å²) in [7, 11) is 0. The first-order valence-electron chi connectivity index (χ1n) is 16.4. The number of piperidine rings is 2. The van der Waals surface area contributed by atoms with E-state index in [1.165, 1.54) is 12.5 Å². The number of unbranched alkanes of at least 4 members (excludes halogenated alkanes) is 1. The Balaban J connectivity index is 1.59. The lowest BCUT2D eigenvalue weighted by molar-refractivity contribution is -0.197. The largest absolute Gasteiger partial charge is 0.472 e. The van der Waals surface area contributed by atoms with Crippen LogP contribution in [0.5, 0.6) is 0 Å². The summed E-state index contributed by atoms with van der Waals surface area (Å²) in [6.45, 7) is 8.76. The Hall–Kier alpha value is -3.89. The first-order valence-corrected chi connectivity index (χ1v) is 16.4. The van der Waals surface area contributed by atoms with Crippen molar-refractivity contribution >= 4 is 11.8 Å². The van der Waals surface area contributed by atoms with Crippen LogP contribution in [-0.4, -0.2) is 46.8 Å². The van der Waals surface area contributed by atoms with Crippen molar-refractivity contribution in [3.05, 3.63) is 95.4 Å². The van der Waals surface area contributed by atoms with E-state index in [9.17, 15) is 14.9 Å². The maximum absolute atomic E-state index is 15.0. The molecule has 3 aromatic rings. The highest BCUT2D eigenvalue weighted by Gasteiger charge is 2.74. The molecule has 2 aliphatic carbocycles. The Morgan fingerprint density at radius 2 is 1.75 bits per heavy atom. The molecule has 7 rings (SSSR count). The summed E-state index contributed by atoms with van der Waals surface area (Å²) in [5, 5.41) is 13.0. The Morgan fingerprint density at radius 3 is 2.39 bits per heavy atom. The highest BCUT2D eigenvalue weighted by molar-refractivity contribution is 5.99. The number of furan rings is 1. The molecule has 4 bridgehead atoms. The smallest absolute Gasteiger partial charge is 0.258 e. The van der Waals surface area contributed by atoms with Crippen LogP contribution in [0.25, 0.3) is 0 Å². The van der Waals surface area contributed by atoms with E-state index in [-0.39, 0.29) is 35.6 Å². The normalized spacial score (nSPS) is 28.7. The summed E-state index contributed by atoms with van der Waals surface area (Å²) in [5.74, 6) is 0.597. The third-order valence-corrected chi connectivity index (χ3v) is 10.9. The average molecular weight is 593 g/mol. The molecule has 1 aromatic heterocycles. The van der Waals surface area contributed by atoms with E-state index in [1.807, 2.05) is 47.4 Å². The van der Waals surface area contributed by atoms with Gasteiger partial charge in [0.2, 0.25) is 5.91 Å². The molecule has 2 saturated carbocycles. The number of hydrogen-bond donors (Lipinski definition) is 1. The van der Waals surface area contributed by atoms with Gasteiger partial charge in [-0.05, 0) is 85.3 Å². The van der Waals surface area contributed by atoms with Crippen LogP contribution in [0.2, 0.25) is 0 Å². The molecule has 4 fully saturated rings. The van der Waals surface area contributed by atoms with Crippen LogP contribution >= 0.6 is 0 Å². The first-order chi connectivity index (χ1) is 21.5. The molecule has 2 saturated heterocycles. The summed E-state index contributed by atoms with van der Waals surface area (Å²) >= 11 is 0. The predicted molar refractivity (Wildman–Crippen MR) is 169 cm³/mol. The number of likely N-dealkylation sites (N-methyl/N-ethyl adjacent to an activating group) is 1. The van der Waals surface area contributed by atoms with Gasteiger partial charge in [0.25, 0.3) is 5.91 Å². The van der Waals surface area contributed by atoms with E-state index in [0.717, 1.165) is 56.3 Å². The fourth-order valence-corrected chi connectivity index (χ4v) is 9.35. The van der Waals surface area contributed by atoms with Gasteiger partial charge >= 0.3 is 0 Å². The summed E-state index contributed by atoms with van der Waals surface area (Å²) in [6, 6.07) is 21.3. The second-order valence-corrected chi connectivity index (χ2v) is 12.7. The molecule has 1 N–H and O–H groups in total. The number of carbonyl (C=O) groups excluding carboxylic acids is 2. The molecule has 44 heavy (non-hydrogen) atoms. The van der Waals surface area contributed by atoms with Gasteiger partial charge in [-0.2, -0.15) is 5.26 Å². The van der Waals surface area contributed by atoms with Gasteiger partial charge < -0.3 is 14.6 Å². The lowest BCUT2D eigenvalue weighted by atomic mass is 9.49. The number of amides is 2. The van der Waals surface area contributed by atoms with Crippen molar-refractivity contribution in [3.8, 4) is 6.07 Å². The summed E-state index contributed by atoms with van der Waals surface area (Å²) in [4.78, 5) is 34.1. The maximum atomic E-state index is 15.0. The third-order valence-electron chi connectivity index (χ3n) is 10.9. The van der Waals surface area contributed by atoms with E-state index < -0.39 is 11.6 Å². The van der Waals surface area contributed by atoms with E-state index in [0.29, 0.717) is 23.6 Å². The van der Waals surface area contributed by atoms with Crippen molar-refractivity contribution in [1.82, 2.24) is 15.1 Å². The minimum Gasteiger partial charge on any atom is -0.472 e. The highest BCUT2D eigenvalue weighted by Crippen LogP contribution is 2.68. The monoisotopic (exact) mass is 592 g/mol. The fraction of sp³-hybridized carbons (Fsp3) is 0.486. The lowest BCUT2D eigenvalue weighted by Gasteiger charge is -2.70. The Morgan fingerprint density at radius 1 is 1.02 bits per heavy atom. The fourth-order valence-electron chi connectivity index (χ4n) is 9.35. The topological polar surface area (TPSA) is 89.6 Å². The number of benzene rings is 2. The molecule has 4 aliphatic rings. The van der Waals surface area contributed by atoms with Crippen molar-refractivity contribution in [2.75, 3.05) is 13.1 Å². The van der Waals surface area contributed by atoms with Crippen LogP contribution in [0.15, 0.2) is 77.6 Å². The number of carbonyl (C=O) groups is 2. The van der Waals surface area contributed by atoms with Crippen LogP contribution in [0.1, 0.15) is 79.9 Å². The predicted octanol–water partition coefficient (Wildman–Crippen LogP) is 6.36. The Labute approximate surface area is 261 Å². The molecule has 1 unspecified atom stereocenters. The van der Waals surface area contributed by atoms with Gasteiger partial charge in [-0.15, -0.1) is 0 Å². The average Bonchev–Trinajstić information content (AvgIpc) is 3.74. The van der Waals surface area contributed by atoms with Gasteiger partial charge in [0, 0.05) is 12.6 Å². The molecule has 7 nitrogen and oxygen atoms in total. The third kappa shape index (κ3) is 4.75. The van der Waals surface area contributed by atoms with Crippen molar-refractivity contribution in [3.63, 3.8) is 0 Å².